The second kappa shape index (κ2) is 6.40. The lowest BCUT2D eigenvalue weighted by Crippen LogP contribution is -2.47. The van der Waals surface area contributed by atoms with Crippen molar-refractivity contribution >= 4 is 11.8 Å². The molecular weight excluding hydrogens is 297 g/mol. The molecule has 2 amide bonds. The molecule has 3 rings (SSSR count). The summed E-state index contributed by atoms with van der Waals surface area (Å²) in [5, 5.41) is 10.6. The van der Waals surface area contributed by atoms with E-state index in [9.17, 15) is 19.1 Å². The molecule has 0 bridgehead atoms. The van der Waals surface area contributed by atoms with Crippen LogP contribution in [0.5, 0.6) is 0 Å². The third-order valence-electron chi connectivity index (χ3n) is 4.97. The average molecular weight is 319 g/mol. The molecule has 1 aromatic rings. The maximum atomic E-state index is 12.9. The Balaban J connectivity index is 1.66. The SMILES string of the molecule is O=C1CC(Cc2ccc(F)cc2)C(=O)N1CC1(O)CCCCC1. The number of likely N-dealkylation sites (tertiary alicyclic amines) is 1. The molecule has 1 heterocycles. The maximum Gasteiger partial charge on any atom is 0.233 e. The molecular formula is C18H22FNO3. The maximum absolute atomic E-state index is 12.9. The summed E-state index contributed by atoms with van der Waals surface area (Å²) in [4.78, 5) is 25.9. The van der Waals surface area contributed by atoms with Gasteiger partial charge >= 0.3 is 0 Å². The highest BCUT2D eigenvalue weighted by Crippen LogP contribution is 2.32. The summed E-state index contributed by atoms with van der Waals surface area (Å²) in [6.07, 6.45) is 4.86. The fourth-order valence-electron chi connectivity index (χ4n) is 3.64. The van der Waals surface area contributed by atoms with Gasteiger partial charge in [-0.2, -0.15) is 0 Å². The van der Waals surface area contributed by atoms with E-state index in [1.165, 1.54) is 17.0 Å². The van der Waals surface area contributed by atoms with E-state index in [4.69, 9.17) is 0 Å². The Bertz CT molecular complexity index is 593. The molecule has 1 aliphatic heterocycles. The monoisotopic (exact) mass is 319 g/mol. The van der Waals surface area contributed by atoms with Crippen LogP contribution in [0.25, 0.3) is 0 Å². The minimum Gasteiger partial charge on any atom is -0.388 e. The van der Waals surface area contributed by atoms with Gasteiger partial charge in [0.1, 0.15) is 5.82 Å². The number of carbonyl (C=O) groups is 2. The van der Waals surface area contributed by atoms with Crippen molar-refractivity contribution < 1.29 is 19.1 Å². The van der Waals surface area contributed by atoms with Gasteiger partial charge in [0.25, 0.3) is 0 Å². The molecule has 1 atom stereocenters. The summed E-state index contributed by atoms with van der Waals surface area (Å²) in [5.74, 6) is -1.14. The quantitative estimate of drug-likeness (QED) is 0.867. The molecule has 4 nitrogen and oxygen atoms in total. The van der Waals surface area contributed by atoms with Crippen molar-refractivity contribution in [3.8, 4) is 0 Å². The molecule has 2 aliphatic rings. The van der Waals surface area contributed by atoms with Crippen LogP contribution < -0.4 is 0 Å². The topological polar surface area (TPSA) is 57.6 Å². The number of hydrogen-bond acceptors (Lipinski definition) is 3. The molecule has 0 spiro atoms. The van der Waals surface area contributed by atoms with Crippen LogP contribution in [0.2, 0.25) is 0 Å². The number of benzene rings is 1. The summed E-state index contributed by atoms with van der Waals surface area (Å²) in [6, 6.07) is 6.01. The molecule has 0 aromatic heterocycles. The van der Waals surface area contributed by atoms with Gasteiger partial charge in [0.15, 0.2) is 0 Å². The van der Waals surface area contributed by atoms with Gasteiger partial charge in [-0.3, -0.25) is 14.5 Å². The number of carbonyl (C=O) groups excluding carboxylic acids is 2. The van der Waals surface area contributed by atoms with E-state index >= 15 is 0 Å². The second-order valence-corrected chi connectivity index (χ2v) is 6.83. The first kappa shape index (κ1) is 16.1. The highest BCUT2D eigenvalue weighted by molar-refractivity contribution is 6.03. The second-order valence-electron chi connectivity index (χ2n) is 6.83. The van der Waals surface area contributed by atoms with Crippen molar-refractivity contribution in [3.05, 3.63) is 35.6 Å². The molecule has 1 saturated heterocycles. The lowest BCUT2D eigenvalue weighted by atomic mass is 9.84. The third-order valence-corrected chi connectivity index (χ3v) is 4.97. The van der Waals surface area contributed by atoms with Gasteiger partial charge in [-0.05, 0) is 37.0 Å². The van der Waals surface area contributed by atoms with Crippen LogP contribution in [0.4, 0.5) is 4.39 Å². The molecule has 1 N–H and O–H groups in total. The predicted octanol–water partition coefficient (Wildman–Crippen LogP) is 2.44. The number of hydrogen-bond donors (Lipinski definition) is 1. The summed E-state index contributed by atoms with van der Waals surface area (Å²) in [6.45, 7) is 0.116. The molecule has 1 aliphatic carbocycles. The van der Waals surface area contributed by atoms with Crippen molar-refractivity contribution in [1.82, 2.24) is 4.90 Å². The number of β-amino-alcohol motifs (C(OH)–C–C–N with tert-alkyl or cyclic N) is 1. The van der Waals surface area contributed by atoms with E-state index in [0.717, 1.165) is 24.8 Å². The fourth-order valence-corrected chi connectivity index (χ4v) is 3.64. The molecule has 1 aromatic carbocycles. The molecule has 1 saturated carbocycles. The van der Waals surface area contributed by atoms with Crippen molar-refractivity contribution in [3.63, 3.8) is 0 Å². The highest BCUT2D eigenvalue weighted by Gasteiger charge is 2.43. The number of rotatable bonds is 4. The van der Waals surface area contributed by atoms with Crippen LogP contribution in [-0.4, -0.2) is 34.0 Å². The summed E-state index contributed by atoms with van der Waals surface area (Å²) in [7, 11) is 0. The third kappa shape index (κ3) is 3.61. The summed E-state index contributed by atoms with van der Waals surface area (Å²) < 4.78 is 12.9. The van der Waals surface area contributed by atoms with E-state index < -0.39 is 11.5 Å². The van der Waals surface area contributed by atoms with E-state index in [0.29, 0.717) is 19.3 Å². The van der Waals surface area contributed by atoms with Crippen molar-refractivity contribution in [1.29, 1.82) is 0 Å². The highest BCUT2D eigenvalue weighted by atomic mass is 19.1. The first-order valence-corrected chi connectivity index (χ1v) is 8.28. The predicted molar refractivity (Wildman–Crippen MR) is 83.0 cm³/mol. The van der Waals surface area contributed by atoms with Crippen molar-refractivity contribution in [2.24, 2.45) is 5.92 Å². The van der Waals surface area contributed by atoms with Crippen LogP contribution in [-0.2, 0) is 16.0 Å². The Morgan fingerprint density at radius 2 is 1.78 bits per heavy atom. The molecule has 0 radical (unpaired) electrons. The van der Waals surface area contributed by atoms with Crippen molar-refractivity contribution in [2.45, 2.75) is 50.5 Å². The molecule has 2 fully saturated rings. The minimum absolute atomic E-state index is 0.116. The zero-order valence-electron chi connectivity index (χ0n) is 13.1. The number of amides is 2. The lowest BCUT2D eigenvalue weighted by Gasteiger charge is -2.34. The molecule has 23 heavy (non-hydrogen) atoms. The standard InChI is InChI=1S/C18H22FNO3/c19-15-6-4-13(5-7-15)10-14-11-16(21)20(17(14)22)12-18(23)8-2-1-3-9-18/h4-7,14,23H,1-3,8-12H2. The Morgan fingerprint density at radius 1 is 1.13 bits per heavy atom. The Hall–Kier alpha value is -1.75. The number of nitrogens with zero attached hydrogens (tertiary/aromatic N) is 1. The van der Waals surface area contributed by atoms with Gasteiger partial charge in [-0.25, -0.2) is 4.39 Å². The largest absolute Gasteiger partial charge is 0.388 e. The average Bonchev–Trinajstić information content (AvgIpc) is 2.78. The first-order valence-electron chi connectivity index (χ1n) is 8.28. The van der Waals surface area contributed by atoms with Crippen LogP contribution in [0, 0.1) is 11.7 Å². The van der Waals surface area contributed by atoms with Gasteiger partial charge < -0.3 is 5.11 Å². The summed E-state index contributed by atoms with van der Waals surface area (Å²) >= 11 is 0. The van der Waals surface area contributed by atoms with Crippen LogP contribution >= 0.6 is 0 Å². The Morgan fingerprint density at radius 3 is 2.43 bits per heavy atom. The van der Waals surface area contributed by atoms with Gasteiger partial charge in [0, 0.05) is 6.42 Å². The van der Waals surface area contributed by atoms with Crippen molar-refractivity contribution in [2.75, 3.05) is 6.54 Å². The fraction of sp³-hybridized carbons (Fsp3) is 0.556. The lowest BCUT2D eigenvalue weighted by molar-refractivity contribution is -0.144. The molecule has 5 heteroatoms. The van der Waals surface area contributed by atoms with E-state index in [1.54, 1.807) is 12.1 Å². The minimum atomic E-state index is -0.922. The van der Waals surface area contributed by atoms with E-state index in [-0.39, 0.29) is 30.6 Å². The molecule has 124 valence electrons. The van der Waals surface area contributed by atoms with E-state index in [1.807, 2.05) is 0 Å². The van der Waals surface area contributed by atoms with Gasteiger partial charge in [-0.15, -0.1) is 0 Å². The normalized spacial score (nSPS) is 24.3. The van der Waals surface area contributed by atoms with Gasteiger partial charge in [0.2, 0.25) is 11.8 Å². The Labute approximate surface area is 135 Å². The Kier molecular flexibility index (Phi) is 4.48. The van der Waals surface area contributed by atoms with Crippen LogP contribution in [0.1, 0.15) is 44.1 Å². The van der Waals surface area contributed by atoms with Crippen LogP contribution in [0.3, 0.4) is 0 Å². The number of imide groups is 1. The number of aliphatic hydroxyl groups is 1. The zero-order valence-corrected chi connectivity index (χ0v) is 13.1. The first-order chi connectivity index (χ1) is 11.0. The smallest absolute Gasteiger partial charge is 0.233 e. The van der Waals surface area contributed by atoms with Gasteiger partial charge in [0.05, 0.1) is 18.1 Å². The van der Waals surface area contributed by atoms with E-state index in [2.05, 4.69) is 0 Å². The zero-order chi connectivity index (χ0) is 16.4. The summed E-state index contributed by atoms with van der Waals surface area (Å²) in [5.41, 5.74) is -0.0790. The van der Waals surface area contributed by atoms with Crippen LogP contribution in [0.15, 0.2) is 24.3 Å². The number of halogens is 1. The van der Waals surface area contributed by atoms with Gasteiger partial charge in [-0.1, -0.05) is 31.4 Å². The molecule has 1 unspecified atom stereocenters.